The van der Waals surface area contributed by atoms with E-state index in [1.165, 1.54) is 55.1 Å². The number of benzene rings is 4. The van der Waals surface area contributed by atoms with Gasteiger partial charge in [0.25, 0.3) is 6.33 Å². The summed E-state index contributed by atoms with van der Waals surface area (Å²) < 4.78 is 9.25. The highest BCUT2D eigenvalue weighted by molar-refractivity contribution is 6.14. The Hall–Kier alpha value is -3.46. The fourth-order valence-corrected chi connectivity index (χ4v) is 6.92. The quantitative estimate of drug-likeness (QED) is 0.159. The first kappa shape index (κ1) is 28.6. The average molecular weight is 560 g/mol. The molecule has 42 heavy (non-hydrogen) atoms. The van der Waals surface area contributed by atoms with Crippen LogP contribution in [0.4, 0.5) is 0 Å². The molecule has 0 atom stereocenters. The number of aryl methyl sites for hydroxylation is 2. The topological polar surface area (TPSA) is 26.0 Å². The van der Waals surface area contributed by atoms with Crippen LogP contribution >= 0.6 is 0 Å². The maximum Gasteiger partial charge on any atom is 0.287 e. The normalized spacial score (nSPS) is 13.6. The van der Waals surface area contributed by atoms with Crippen molar-refractivity contribution in [3.8, 4) is 22.8 Å². The van der Waals surface area contributed by atoms with E-state index < -0.39 is 0 Å². The number of rotatable bonds is 3. The van der Waals surface area contributed by atoms with Crippen LogP contribution in [0.25, 0.3) is 43.7 Å². The van der Waals surface area contributed by atoms with E-state index in [2.05, 4.69) is 123 Å². The van der Waals surface area contributed by atoms with E-state index in [1.807, 2.05) is 6.33 Å². The molecule has 3 heteroatoms. The van der Waals surface area contributed by atoms with Crippen molar-refractivity contribution in [3.63, 3.8) is 0 Å². The maximum atomic E-state index is 7.05. The number of nitrogens with zero attached hydrogens (tertiary/aromatic N) is 2. The van der Waals surface area contributed by atoms with Gasteiger partial charge in [-0.05, 0) is 92.4 Å². The second kappa shape index (κ2) is 9.53. The summed E-state index contributed by atoms with van der Waals surface area (Å²) in [6, 6.07) is 16.2. The van der Waals surface area contributed by atoms with Gasteiger partial charge in [0.15, 0.2) is 11.2 Å². The Balaban J connectivity index is 1.70. The zero-order valence-corrected chi connectivity index (χ0v) is 27.5. The first-order valence-electron chi connectivity index (χ1n) is 15.5. The van der Waals surface area contributed by atoms with E-state index in [-0.39, 0.29) is 16.2 Å². The lowest BCUT2D eigenvalue weighted by Crippen LogP contribution is -2.33. The highest BCUT2D eigenvalue weighted by Gasteiger charge is 2.34. The first-order valence-corrected chi connectivity index (χ1v) is 15.5. The largest absolute Gasteiger partial charge is 0.455 e. The molecule has 0 saturated carbocycles. The highest BCUT2D eigenvalue weighted by atomic mass is 16.5. The third-order valence-corrected chi connectivity index (χ3v) is 8.41. The molecule has 3 nitrogen and oxygen atoms in total. The van der Waals surface area contributed by atoms with Crippen molar-refractivity contribution in [1.29, 1.82) is 0 Å². The van der Waals surface area contributed by atoms with Gasteiger partial charge >= 0.3 is 0 Å². The molecular formula is C39H47N2O+. The molecule has 0 fully saturated rings. The summed E-state index contributed by atoms with van der Waals surface area (Å²) in [7, 11) is 2.13. The molecule has 0 N–H and O–H groups in total. The van der Waals surface area contributed by atoms with Gasteiger partial charge in [-0.25, -0.2) is 4.57 Å². The highest BCUT2D eigenvalue weighted by Crippen LogP contribution is 2.52. The molecule has 0 bridgehead atoms. The number of hydrogen-bond acceptors (Lipinski definition) is 2. The summed E-state index contributed by atoms with van der Waals surface area (Å²) in [6.07, 6.45) is 5.00. The van der Waals surface area contributed by atoms with E-state index in [9.17, 15) is 0 Å². The maximum absolute atomic E-state index is 7.05. The third-order valence-electron chi connectivity index (χ3n) is 8.41. The van der Waals surface area contributed by atoms with Crippen LogP contribution in [0.5, 0.6) is 11.5 Å². The lowest BCUT2D eigenvalue weighted by molar-refractivity contribution is -0.662. The second-order valence-electron chi connectivity index (χ2n) is 16.4. The Morgan fingerprint density at radius 1 is 0.714 bits per heavy atom. The van der Waals surface area contributed by atoms with Gasteiger partial charge in [-0.15, -0.1) is 0 Å². The van der Waals surface area contributed by atoms with Gasteiger partial charge in [-0.2, -0.15) is 0 Å². The summed E-state index contributed by atoms with van der Waals surface area (Å²) in [4.78, 5) is 5.03. The van der Waals surface area contributed by atoms with Crippen LogP contribution in [0.1, 0.15) is 84.6 Å². The Bertz CT molecular complexity index is 1890. The molecule has 5 aromatic rings. The predicted octanol–water partition coefficient (Wildman–Crippen LogP) is 10.2. The Labute approximate surface area is 251 Å². The minimum atomic E-state index is 0.103. The minimum Gasteiger partial charge on any atom is -0.455 e. The standard InChI is InChI=1S/C39H47N2O/c1-23-28-16-25(20-38(5,6)7)13-15-27(28)30(21-39(8,9)10)36-32(23)35-33-31(42-36)18-26-14-12-24(19-37(2,3)4)17-29(26)34(33)40-22-41(35)11/h12-18,22H,19-21H2,1-11H3/q+1. The Morgan fingerprint density at radius 3 is 1.93 bits per heavy atom. The van der Waals surface area contributed by atoms with Gasteiger partial charge in [0.1, 0.15) is 16.9 Å². The lowest BCUT2D eigenvalue weighted by Gasteiger charge is -2.29. The molecule has 1 aromatic heterocycles. The molecule has 2 heterocycles. The molecule has 218 valence electrons. The van der Waals surface area contributed by atoms with Gasteiger partial charge in [0.2, 0.25) is 0 Å². The number of hydrogen-bond donors (Lipinski definition) is 0. The van der Waals surface area contributed by atoms with Crippen molar-refractivity contribution in [3.05, 3.63) is 71.0 Å². The van der Waals surface area contributed by atoms with Gasteiger partial charge in [-0.1, -0.05) is 92.6 Å². The van der Waals surface area contributed by atoms with Crippen LogP contribution in [-0.2, 0) is 26.3 Å². The van der Waals surface area contributed by atoms with Crippen LogP contribution in [-0.4, -0.2) is 4.98 Å². The molecule has 0 spiro atoms. The zero-order valence-electron chi connectivity index (χ0n) is 27.5. The summed E-state index contributed by atoms with van der Waals surface area (Å²) in [5, 5.41) is 6.13. The molecule has 1 aliphatic heterocycles. The van der Waals surface area contributed by atoms with Crippen LogP contribution in [0.2, 0.25) is 0 Å². The van der Waals surface area contributed by atoms with Gasteiger partial charge in [0, 0.05) is 10.9 Å². The molecule has 0 amide bonds. The fraction of sp³-hybridized carbons (Fsp3) is 0.436. The van der Waals surface area contributed by atoms with E-state index in [0.29, 0.717) is 0 Å². The van der Waals surface area contributed by atoms with Crippen molar-refractivity contribution in [2.75, 3.05) is 0 Å². The average Bonchev–Trinajstić information content (AvgIpc) is 2.85. The second-order valence-corrected chi connectivity index (χ2v) is 16.4. The molecule has 0 radical (unpaired) electrons. The SMILES string of the molecule is Cc1c2c(c(CC(C)(C)C)c3ccc(CC(C)(C)C)cc13)Oc1cc3ccc(CC(C)(C)C)cc3c3nc[n+](C)c-2c13. The molecular weight excluding hydrogens is 512 g/mol. The third kappa shape index (κ3) is 5.16. The van der Waals surface area contributed by atoms with E-state index in [1.54, 1.807) is 0 Å². The molecule has 0 unspecified atom stereocenters. The molecule has 1 aliphatic rings. The zero-order chi connectivity index (χ0) is 30.4. The summed E-state index contributed by atoms with van der Waals surface area (Å²) in [5.41, 5.74) is 9.30. The molecule has 6 rings (SSSR count). The molecule has 0 aliphatic carbocycles. The Morgan fingerprint density at radius 2 is 1.31 bits per heavy atom. The summed E-state index contributed by atoms with van der Waals surface area (Å²) in [6.45, 7) is 23.1. The van der Waals surface area contributed by atoms with E-state index in [0.717, 1.165) is 41.7 Å². The summed E-state index contributed by atoms with van der Waals surface area (Å²) in [5.74, 6) is 1.92. The summed E-state index contributed by atoms with van der Waals surface area (Å²) >= 11 is 0. The van der Waals surface area contributed by atoms with Gasteiger partial charge in [-0.3, -0.25) is 0 Å². The number of aromatic nitrogens is 2. The van der Waals surface area contributed by atoms with Crippen LogP contribution < -0.4 is 9.30 Å². The van der Waals surface area contributed by atoms with Crippen LogP contribution in [0, 0.1) is 23.2 Å². The van der Waals surface area contributed by atoms with Crippen molar-refractivity contribution >= 4 is 32.4 Å². The van der Waals surface area contributed by atoms with Crippen LogP contribution in [0.15, 0.2) is 48.8 Å². The first-order chi connectivity index (χ1) is 19.5. The lowest BCUT2D eigenvalue weighted by atomic mass is 9.80. The smallest absolute Gasteiger partial charge is 0.287 e. The van der Waals surface area contributed by atoms with Crippen molar-refractivity contribution in [1.82, 2.24) is 4.98 Å². The van der Waals surface area contributed by atoms with Gasteiger partial charge < -0.3 is 4.74 Å². The molecule has 0 saturated heterocycles. The number of fused-ring (bicyclic) bond motifs is 5. The van der Waals surface area contributed by atoms with Crippen LogP contribution in [0.3, 0.4) is 0 Å². The fourth-order valence-electron chi connectivity index (χ4n) is 6.92. The molecule has 4 aromatic carbocycles. The van der Waals surface area contributed by atoms with Gasteiger partial charge in [0.05, 0.1) is 12.6 Å². The van der Waals surface area contributed by atoms with Crippen molar-refractivity contribution < 1.29 is 9.30 Å². The Kier molecular flexibility index (Phi) is 6.50. The van der Waals surface area contributed by atoms with E-state index >= 15 is 0 Å². The van der Waals surface area contributed by atoms with Crippen molar-refractivity contribution in [2.45, 2.75) is 88.5 Å². The minimum absolute atomic E-state index is 0.103. The van der Waals surface area contributed by atoms with Crippen molar-refractivity contribution in [2.24, 2.45) is 23.3 Å². The monoisotopic (exact) mass is 559 g/mol. The number of ether oxygens (including phenoxy) is 1. The van der Waals surface area contributed by atoms with E-state index in [4.69, 9.17) is 9.72 Å². The predicted molar refractivity (Wildman–Crippen MR) is 178 cm³/mol.